The number of rotatable bonds is 5. The summed E-state index contributed by atoms with van der Waals surface area (Å²) in [5.41, 5.74) is 24.2. The molecule has 0 saturated heterocycles. The van der Waals surface area contributed by atoms with Crippen LogP contribution in [0.5, 0.6) is 0 Å². The second-order valence-electron chi connectivity index (χ2n) is 18.3. The van der Waals surface area contributed by atoms with Gasteiger partial charge in [0.15, 0.2) is 5.82 Å². The normalized spacial score (nSPS) is 13.8. The van der Waals surface area contributed by atoms with E-state index in [0.717, 1.165) is 44.8 Å². The van der Waals surface area contributed by atoms with Crippen LogP contribution < -0.4 is 0 Å². The number of hydrogen-bond donors (Lipinski definition) is 0. The summed E-state index contributed by atoms with van der Waals surface area (Å²) in [6.45, 7) is 0. The zero-order valence-electron chi connectivity index (χ0n) is 37.1. The summed E-state index contributed by atoms with van der Waals surface area (Å²) >= 11 is 0. The molecule has 0 aliphatic heterocycles. The first-order valence-electron chi connectivity index (χ1n) is 23.6. The van der Waals surface area contributed by atoms with Crippen LogP contribution in [0, 0.1) is 0 Å². The summed E-state index contributed by atoms with van der Waals surface area (Å²) in [6.07, 6.45) is 0. The maximum absolute atomic E-state index is 5.40. The predicted molar refractivity (Wildman–Crippen MR) is 277 cm³/mol. The lowest BCUT2D eigenvalue weighted by atomic mass is 9.52. The van der Waals surface area contributed by atoms with Crippen LogP contribution in [0.25, 0.3) is 78.4 Å². The quantitative estimate of drug-likeness (QED) is 0.172. The van der Waals surface area contributed by atoms with Crippen LogP contribution in [0.2, 0.25) is 0 Å². The summed E-state index contributed by atoms with van der Waals surface area (Å²) in [7, 11) is 0. The topological polar surface area (TPSA) is 25.8 Å². The van der Waals surface area contributed by atoms with Crippen LogP contribution in [0.4, 0.5) is 0 Å². The predicted octanol–water partition coefficient (Wildman–Crippen LogP) is 15.9. The molecule has 0 atom stereocenters. The number of fused-ring (bicyclic) bond motifs is 16. The molecule has 1 heterocycles. The number of benzene rings is 10. The van der Waals surface area contributed by atoms with E-state index >= 15 is 0 Å². The van der Waals surface area contributed by atoms with Gasteiger partial charge in [0.05, 0.1) is 22.2 Å². The summed E-state index contributed by atoms with van der Waals surface area (Å²) in [4.78, 5) is 10.7. The second kappa shape index (κ2) is 14.9. The van der Waals surface area contributed by atoms with Gasteiger partial charge in [0, 0.05) is 16.7 Å². The molecule has 0 fully saturated rings. The molecule has 3 aliphatic rings. The molecule has 316 valence electrons. The monoisotopic (exact) mass is 862 g/mol. The van der Waals surface area contributed by atoms with Gasteiger partial charge in [-0.25, -0.2) is 9.97 Å². The van der Waals surface area contributed by atoms with Crippen molar-refractivity contribution in [1.82, 2.24) is 9.97 Å². The van der Waals surface area contributed by atoms with E-state index in [1.807, 2.05) is 0 Å². The van der Waals surface area contributed by atoms with Gasteiger partial charge in [-0.15, -0.1) is 0 Å². The smallest absolute Gasteiger partial charge is 0.161 e. The van der Waals surface area contributed by atoms with Gasteiger partial charge in [-0.05, 0) is 101 Å². The molecule has 0 radical (unpaired) electrons. The highest BCUT2D eigenvalue weighted by Crippen LogP contribution is 2.68. The Hall–Kier alpha value is -8.72. The molecule has 0 saturated carbocycles. The zero-order valence-corrected chi connectivity index (χ0v) is 37.1. The van der Waals surface area contributed by atoms with Gasteiger partial charge in [-0.2, -0.15) is 0 Å². The lowest BCUT2D eigenvalue weighted by Gasteiger charge is -2.48. The van der Waals surface area contributed by atoms with E-state index in [1.54, 1.807) is 0 Å². The molecule has 0 bridgehead atoms. The second-order valence-corrected chi connectivity index (χ2v) is 18.3. The Labute approximate surface area is 396 Å². The third kappa shape index (κ3) is 5.29. The fourth-order valence-corrected chi connectivity index (χ4v) is 12.4. The Bertz CT molecular complexity index is 3710. The van der Waals surface area contributed by atoms with Crippen molar-refractivity contribution in [1.29, 1.82) is 0 Å². The first-order valence-corrected chi connectivity index (χ1v) is 23.6. The third-order valence-corrected chi connectivity index (χ3v) is 15.0. The minimum atomic E-state index is -0.567. The molecule has 2 spiro atoms. The van der Waals surface area contributed by atoms with Crippen molar-refractivity contribution in [2.75, 3.05) is 0 Å². The number of aromatic nitrogens is 2. The van der Waals surface area contributed by atoms with Gasteiger partial charge < -0.3 is 0 Å². The van der Waals surface area contributed by atoms with E-state index in [4.69, 9.17) is 9.97 Å². The lowest BCUT2D eigenvalue weighted by Crippen LogP contribution is -2.43. The Morgan fingerprint density at radius 3 is 1.18 bits per heavy atom. The fraction of sp³-hybridized carbons (Fsp3) is 0.0303. The average molecular weight is 863 g/mol. The molecule has 11 aromatic rings. The summed E-state index contributed by atoms with van der Waals surface area (Å²) in [5.74, 6) is 0.697. The van der Waals surface area contributed by atoms with Crippen LogP contribution in [0.1, 0.15) is 44.5 Å². The van der Waals surface area contributed by atoms with Crippen molar-refractivity contribution in [3.8, 4) is 78.4 Å². The first kappa shape index (κ1) is 38.5. The van der Waals surface area contributed by atoms with Gasteiger partial charge >= 0.3 is 0 Å². The molecule has 3 aliphatic carbocycles. The largest absolute Gasteiger partial charge is 0.228 e. The van der Waals surface area contributed by atoms with E-state index in [0.29, 0.717) is 5.82 Å². The summed E-state index contributed by atoms with van der Waals surface area (Å²) < 4.78 is 0. The summed E-state index contributed by atoms with van der Waals surface area (Å²) in [5, 5.41) is 0. The van der Waals surface area contributed by atoms with Crippen molar-refractivity contribution in [3.05, 3.63) is 299 Å². The van der Waals surface area contributed by atoms with E-state index in [2.05, 4.69) is 255 Å². The standard InChI is InChI=1S/C66H42N2/c1-3-21-43(22-4-1)47-27-7-8-30-51(47)64-67-61(44-23-5-2-6-24-44)42-62(68-64)46-26-19-25-45(41-46)48-32-20-40-60-63(48)52-31-11-14-35-55(52)66(60)58-38-17-15-36-56(58)65(57-37-16-18-39-59(57)66)53-33-12-9-28-49(53)50-29-10-13-34-54(50)65/h1-42H. The van der Waals surface area contributed by atoms with Gasteiger partial charge in [0.2, 0.25) is 0 Å². The Balaban J connectivity index is 0.987. The first-order chi connectivity index (χ1) is 33.7. The molecule has 0 amide bonds. The molecule has 10 aromatic carbocycles. The SMILES string of the molecule is c1ccc(-c2cc(-c3cccc(-c4cccc5c4-c4ccccc4C54c5ccccc5C5(c6ccccc6-c6ccccc65)c5ccccc54)c3)nc(-c3ccccc3-c3ccccc3)n2)cc1. The maximum Gasteiger partial charge on any atom is 0.161 e. The van der Waals surface area contributed by atoms with Gasteiger partial charge in [0.25, 0.3) is 0 Å². The average Bonchev–Trinajstić information content (AvgIpc) is 3.89. The Kier molecular flexibility index (Phi) is 8.45. The van der Waals surface area contributed by atoms with Crippen molar-refractivity contribution < 1.29 is 0 Å². The highest BCUT2D eigenvalue weighted by molar-refractivity contribution is 5.99. The summed E-state index contributed by atoms with van der Waals surface area (Å²) in [6, 6.07) is 93.6. The van der Waals surface area contributed by atoms with E-state index in [9.17, 15) is 0 Å². The van der Waals surface area contributed by atoms with Crippen molar-refractivity contribution in [2.24, 2.45) is 0 Å². The molecule has 2 heteroatoms. The molecule has 2 nitrogen and oxygen atoms in total. The van der Waals surface area contributed by atoms with Crippen LogP contribution in [-0.2, 0) is 10.8 Å². The molecular formula is C66H42N2. The molecular weight excluding hydrogens is 821 g/mol. The highest BCUT2D eigenvalue weighted by atomic mass is 14.9. The van der Waals surface area contributed by atoms with Crippen LogP contribution in [-0.4, -0.2) is 9.97 Å². The van der Waals surface area contributed by atoms with Crippen molar-refractivity contribution in [2.45, 2.75) is 10.8 Å². The maximum atomic E-state index is 5.40. The lowest BCUT2D eigenvalue weighted by molar-refractivity contribution is 0.633. The van der Waals surface area contributed by atoms with E-state index in [-0.39, 0.29) is 0 Å². The minimum Gasteiger partial charge on any atom is -0.228 e. The van der Waals surface area contributed by atoms with Gasteiger partial charge in [-0.1, -0.05) is 243 Å². The Morgan fingerprint density at radius 2 is 0.588 bits per heavy atom. The Morgan fingerprint density at radius 1 is 0.221 bits per heavy atom. The van der Waals surface area contributed by atoms with Gasteiger partial charge in [-0.3, -0.25) is 0 Å². The molecule has 0 N–H and O–H groups in total. The van der Waals surface area contributed by atoms with Crippen LogP contribution in [0.15, 0.2) is 255 Å². The van der Waals surface area contributed by atoms with Crippen molar-refractivity contribution >= 4 is 0 Å². The third-order valence-electron chi connectivity index (χ3n) is 15.0. The fourth-order valence-electron chi connectivity index (χ4n) is 12.4. The zero-order chi connectivity index (χ0) is 44.8. The molecule has 1 aromatic heterocycles. The highest BCUT2D eigenvalue weighted by Gasteiger charge is 2.59. The molecule has 14 rings (SSSR count). The number of nitrogens with zero attached hydrogens (tertiary/aromatic N) is 2. The number of hydrogen-bond acceptors (Lipinski definition) is 2. The van der Waals surface area contributed by atoms with Crippen LogP contribution >= 0.6 is 0 Å². The molecule has 0 unspecified atom stereocenters. The van der Waals surface area contributed by atoms with E-state index < -0.39 is 10.8 Å². The van der Waals surface area contributed by atoms with E-state index in [1.165, 1.54) is 72.3 Å². The molecule has 68 heavy (non-hydrogen) atoms. The minimum absolute atomic E-state index is 0.480. The van der Waals surface area contributed by atoms with Crippen molar-refractivity contribution in [3.63, 3.8) is 0 Å². The van der Waals surface area contributed by atoms with Gasteiger partial charge in [0.1, 0.15) is 0 Å². The van der Waals surface area contributed by atoms with Crippen LogP contribution in [0.3, 0.4) is 0 Å².